The highest BCUT2D eigenvalue weighted by Gasteiger charge is 2.08. The Hall–Kier alpha value is -1.57. The Morgan fingerprint density at radius 3 is 2.64 bits per heavy atom. The second kappa shape index (κ2) is 4.09. The van der Waals surface area contributed by atoms with Gasteiger partial charge in [0.15, 0.2) is 0 Å². The largest absolute Gasteiger partial charge is 0.366 e. The van der Waals surface area contributed by atoms with Gasteiger partial charge in [-0.05, 0) is 36.1 Å². The third kappa shape index (κ3) is 1.84. The van der Waals surface area contributed by atoms with E-state index in [1.807, 2.05) is 13.0 Å². The van der Waals surface area contributed by atoms with E-state index in [2.05, 4.69) is 13.5 Å². The molecule has 0 saturated heterocycles. The van der Waals surface area contributed by atoms with Crippen molar-refractivity contribution in [3.63, 3.8) is 0 Å². The lowest BCUT2D eigenvalue weighted by molar-refractivity contribution is 0.0999. The summed E-state index contributed by atoms with van der Waals surface area (Å²) >= 11 is 0. The van der Waals surface area contributed by atoms with Gasteiger partial charge in [-0.2, -0.15) is 0 Å². The molecule has 0 atom stereocenters. The van der Waals surface area contributed by atoms with Gasteiger partial charge in [0.1, 0.15) is 0 Å². The smallest absolute Gasteiger partial charge is 0.248 e. The quantitative estimate of drug-likeness (QED) is 0.779. The molecule has 0 unspecified atom stereocenters. The lowest BCUT2D eigenvalue weighted by Gasteiger charge is -2.09. The highest BCUT2D eigenvalue weighted by atomic mass is 16.1. The number of hydrogen-bond donors (Lipinski definition) is 1. The van der Waals surface area contributed by atoms with Crippen LogP contribution in [0.1, 0.15) is 34.0 Å². The van der Waals surface area contributed by atoms with Gasteiger partial charge in [0.25, 0.3) is 0 Å². The lowest BCUT2D eigenvalue weighted by Crippen LogP contribution is -2.14. The van der Waals surface area contributed by atoms with Gasteiger partial charge < -0.3 is 5.73 Å². The second-order valence-electron chi connectivity index (χ2n) is 3.27. The van der Waals surface area contributed by atoms with Crippen LogP contribution >= 0.6 is 0 Å². The average molecular weight is 189 g/mol. The Balaban J connectivity index is 3.41. The van der Waals surface area contributed by atoms with Crippen LogP contribution in [0.2, 0.25) is 0 Å². The van der Waals surface area contributed by atoms with Gasteiger partial charge in [0.2, 0.25) is 5.91 Å². The van der Waals surface area contributed by atoms with Gasteiger partial charge in [-0.25, -0.2) is 0 Å². The molecule has 0 spiro atoms. The molecule has 2 heteroatoms. The molecule has 0 aliphatic rings. The lowest BCUT2D eigenvalue weighted by atomic mass is 9.97. The number of hydrogen-bond acceptors (Lipinski definition) is 1. The van der Waals surface area contributed by atoms with E-state index in [0.717, 1.165) is 23.1 Å². The fourth-order valence-electron chi connectivity index (χ4n) is 1.54. The van der Waals surface area contributed by atoms with Crippen molar-refractivity contribution in [3.05, 3.63) is 41.0 Å². The summed E-state index contributed by atoms with van der Waals surface area (Å²) in [4.78, 5) is 11.1. The zero-order valence-electron chi connectivity index (χ0n) is 8.63. The fraction of sp³-hybridized carbons (Fsp3) is 0.250. The van der Waals surface area contributed by atoms with E-state index in [1.54, 1.807) is 12.1 Å². The average Bonchev–Trinajstić information content (AvgIpc) is 2.17. The third-order valence-electron chi connectivity index (χ3n) is 2.42. The minimum atomic E-state index is -0.374. The van der Waals surface area contributed by atoms with Crippen molar-refractivity contribution in [1.29, 1.82) is 0 Å². The molecule has 1 aromatic rings. The molecule has 0 heterocycles. The Labute approximate surface area is 84.4 Å². The van der Waals surface area contributed by atoms with Gasteiger partial charge in [-0.1, -0.05) is 25.6 Å². The first-order valence-corrected chi connectivity index (χ1v) is 4.66. The summed E-state index contributed by atoms with van der Waals surface area (Å²) in [6.45, 7) is 7.66. The summed E-state index contributed by atoms with van der Waals surface area (Å²) in [6, 6.07) is 3.82. The molecule has 2 N–H and O–H groups in total. The highest BCUT2D eigenvalue weighted by Crippen LogP contribution is 2.18. The normalized spacial score (nSPS) is 9.86. The first-order chi connectivity index (χ1) is 6.60. The van der Waals surface area contributed by atoms with Crippen molar-refractivity contribution >= 4 is 12.0 Å². The molecule has 0 aromatic heterocycles. The Morgan fingerprint density at radius 1 is 1.57 bits per heavy atom. The van der Waals surface area contributed by atoms with Crippen molar-refractivity contribution in [2.24, 2.45) is 5.73 Å². The molecule has 2 nitrogen and oxygen atoms in total. The van der Waals surface area contributed by atoms with Crippen LogP contribution < -0.4 is 5.73 Å². The Kier molecular flexibility index (Phi) is 3.07. The van der Waals surface area contributed by atoms with Crippen molar-refractivity contribution in [2.75, 3.05) is 0 Å². The second-order valence-corrected chi connectivity index (χ2v) is 3.27. The zero-order chi connectivity index (χ0) is 10.7. The molecular formula is C12H15NO. The summed E-state index contributed by atoms with van der Waals surface area (Å²) in [7, 11) is 0. The SMILES string of the molecule is C=Cc1cc(CC)c(C)c(C(N)=O)c1. The summed E-state index contributed by atoms with van der Waals surface area (Å²) < 4.78 is 0. The van der Waals surface area contributed by atoms with Gasteiger partial charge in [-0.3, -0.25) is 4.79 Å². The van der Waals surface area contributed by atoms with Crippen LogP contribution in [0.3, 0.4) is 0 Å². The van der Waals surface area contributed by atoms with Crippen molar-refractivity contribution in [3.8, 4) is 0 Å². The summed E-state index contributed by atoms with van der Waals surface area (Å²) in [5.41, 5.74) is 8.96. The van der Waals surface area contributed by atoms with Gasteiger partial charge in [-0.15, -0.1) is 0 Å². The number of aryl methyl sites for hydroxylation is 1. The van der Waals surface area contributed by atoms with Crippen LogP contribution in [0.4, 0.5) is 0 Å². The number of carbonyl (C=O) groups is 1. The van der Waals surface area contributed by atoms with Crippen LogP contribution in [0, 0.1) is 6.92 Å². The van der Waals surface area contributed by atoms with Gasteiger partial charge in [0.05, 0.1) is 0 Å². The molecule has 0 fully saturated rings. The van der Waals surface area contributed by atoms with E-state index < -0.39 is 0 Å². The van der Waals surface area contributed by atoms with E-state index in [-0.39, 0.29) is 5.91 Å². The number of nitrogens with two attached hydrogens (primary N) is 1. The van der Waals surface area contributed by atoms with E-state index in [9.17, 15) is 4.79 Å². The van der Waals surface area contributed by atoms with E-state index >= 15 is 0 Å². The van der Waals surface area contributed by atoms with E-state index in [4.69, 9.17) is 5.73 Å². The maximum atomic E-state index is 11.1. The minimum Gasteiger partial charge on any atom is -0.366 e. The molecule has 0 aliphatic heterocycles. The predicted molar refractivity (Wildman–Crippen MR) is 59.2 cm³/mol. The Morgan fingerprint density at radius 2 is 2.21 bits per heavy atom. The van der Waals surface area contributed by atoms with Crippen LogP contribution in [0.25, 0.3) is 6.08 Å². The van der Waals surface area contributed by atoms with E-state index in [1.165, 1.54) is 0 Å². The highest BCUT2D eigenvalue weighted by molar-refractivity contribution is 5.95. The molecule has 0 aliphatic carbocycles. The summed E-state index contributed by atoms with van der Waals surface area (Å²) in [6.07, 6.45) is 2.62. The van der Waals surface area contributed by atoms with Crippen LogP contribution in [0.15, 0.2) is 18.7 Å². The summed E-state index contributed by atoms with van der Waals surface area (Å²) in [5, 5.41) is 0. The van der Waals surface area contributed by atoms with Gasteiger partial charge in [0, 0.05) is 5.56 Å². The standard InChI is InChI=1S/C12H15NO/c1-4-9-6-10(5-2)8(3)11(7-9)12(13)14/h4,6-7H,1,5H2,2-3H3,(H2,13,14). The zero-order valence-corrected chi connectivity index (χ0v) is 8.63. The van der Waals surface area contributed by atoms with Crippen molar-refractivity contribution < 1.29 is 4.79 Å². The molecular weight excluding hydrogens is 174 g/mol. The Bertz CT molecular complexity index is 380. The summed E-state index contributed by atoms with van der Waals surface area (Å²) in [5.74, 6) is -0.374. The van der Waals surface area contributed by atoms with Crippen molar-refractivity contribution in [1.82, 2.24) is 0 Å². The van der Waals surface area contributed by atoms with Crippen LogP contribution in [0.5, 0.6) is 0 Å². The maximum absolute atomic E-state index is 11.1. The number of rotatable bonds is 3. The van der Waals surface area contributed by atoms with Crippen LogP contribution in [-0.2, 0) is 6.42 Å². The van der Waals surface area contributed by atoms with E-state index in [0.29, 0.717) is 5.56 Å². The topological polar surface area (TPSA) is 43.1 Å². The monoisotopic (exact) mass is 189 g/mol. The number of carbonyl (C=O) groups excluding carboxylic acids is 1. The first kappa shape index (κ1) is 10.5. The number of primary amides is 1. The predicted octanol–water partition coefficient (Wildman–Crippen LogP) is 2.30. The number of amides is 1. The molecule has 14 heavy (non-hydrogen) atoms. The molecule has 0 radical (unpaired) electrons. The molecule has 0 bridgehead atoms. The fourth-order valence-corrected chi connectivity index (χ4v) is 1.54. The third-order valence-corrected chi connectivity index (χ3v) is 2.42. The van der Waals surface area contributed by atoms with Crippen molar-refractivity contribution in [2.45, 2.75) is 20.3 Å². The molecule has 0 saturated carbocycles. The minimum absolute atomic E-state index is 0.374. The molecule has 1 amide bonds. The molecule has 74 valence electrons. The molecule has 1 rings (SSSR count). The van der Waals surface area contributed by atoms with Crippen LogP contribution in [-0.4, -0.2) is 5.91 Å². The first-order valence-electron chi connectivity index (χ1n) is 4.66. The van der Waals surface area contributed by atoms with Gasteiger partial charge >= 0.3 is 0 Å². The number of benzene rings is 1. The molecule has 1 aromatic carbocycles. The maximum Gasteiger partial charge on any atom is 0.248 e.